The van der Waals surface area contributed by atoms with Crippen LogP contribution in [0.5, 0.6) is 0 Å². The molecule has 4 nitrogen and oxygen atoms in total. The summed E-state index contributed by atoms with van der Waals surface area (Å²) in [7, 11) is -1.39. The third kappa shape index (κ3) is 3.55. The predicted molar refractivity (Wildman–Crippen MR) is 80.6 cm³/mol. The number of aromatic nitrogens is 2. The van der Waals surface area contributed by atoms with Crippen LogP contribution in [0.3, 0.4) is 0 Å². The minimum atomic E-state index is -1.39. The first-order chi connectivity index (χ1) is 9.61. The molecule has 1 atom stereocenters. The van der Waals surface area contributed by atoms with Crippen LogP contribution < -0.4 is 5.56 Å². The normalized spacial score (nSPS) is 12.3. The summed E-state index contributed by atoms with van der Waals surface area (Å²) >= 11 is 5.81. The number of benzene rings is 1. The number of halogens is 1. The Hall–Kier alpha value is -1.46. The standard InChI is InChI=1S/C14H15ClN2O2S/c1-2-17-9-8-16-13(14(17)18)20(19)10-7-11-3-5-12(15)6-4-11/h3-6,8-9H,2,7,10H2,1H3. The summed E-state index contributed by atoms with van der Waals surface area (Å²) in [5, 5.41) is 0.800. The van der Waals surface area contributed by atoms with Gasteiger partial charge in [0, 0.05) is 29.7 Å². The molecule has 0 saturated carbocycles. The molecule has 0 spiro atoms. The molecule has 0 amide bonds. The molecule has 0 radical (unpaired) electrons. The zero-order valence-corrected chi connectivity index (χ0v) is 12.7. The highest BCUT2D eigenvalue weighted by Gasteiger charge is 2.12. The van der Waals surface area contributed by atoms with Crippen LogP contribution in [0.1, 0.15) is 12.5 Å². The maximum Gasteiger partial charge on any atom is 0.285 e. The zero-order valence-electron chi connectivity index (χ0n) is 11.1. The Morgan fingerprint density at radius 3 is 2.65 bits per heavy atom. The van der Waals surface area contributed by atoms with Gasteiger partial charge in [0.1, 0.15) is 0 Å². The molecular weight excluding hydrogens is 296 g/mol. The van der Waals surface area contributed by atoms with Crippen molar-refractivity contribution in [2.24, 2.45) is 0 Å². The topological polar surface area (TPSA) is 52.0 Å². The molecule has 1 heterocycles. The van der Waals surface area contributed by atoms with Crippen LogP contribution in [0.2, 0.25) is 5.02 Å². The second-order valence-corrected chi connectivity index (χ2v) is 6.17. The van der Waals surface area contributed by atoms with Gasteiger partial charge in [0.05, 0.1) is 10.8 Å². The summed E-state index contributed by atoms with van der Waals surface area (Å²) < 4.78 is 13.7. The Balaban J connectivity index is 2.09. The average molecular weight is 311 g/mol. The number of aryl methyl sites for hydroxylation is 2. The van der Waals surface area contributed by atoms with Crippen molar-refractivity contribution in [2.75, 3.05) is 5.75 Å². The maximum absolute atomic E-state index is 12.2. The van der Waals surface area contributed by atoms with E-state index in [0.717, 1.165) is 5.56 Å². The van der Waals surface area contributed by atoms with Crippen LogP contribution in [0.25, 0.3) is 0 Å². The van der Waals surface area contributed by atoms with Crippen LogP contribution >= 0.6 is 11.6 Å². The van der Waals surface area contributed by atoms with Crippen molar-refractivity contribution in [1.29, 1.82) is 0 Å². The van der Waals surface area contributed by atoms with E-state index in [-0.39, 0.29) is 10.6 Å². The number of nitrogens with zero attached hydrogens (tertiary/aromatic N) is 2. The molecule has 0 fully saturated rings. The largest absolute Gasteiger partial charge is 0.312 e. The number of hydrogen-bond donors (Lipinski definition) is 0. The summed E-state index contributed by atoms with van der Waals surface area (Å²) in [4.78, 5) is 15.9. The van der Waals surface area contributed by atoms with Crippen LogP contribution in [-0.4, -0.2) is 19.5 Å². The molecule has 1 aromatic carbocycles. The lowest BCUT2D eigenvalue weighted by Crippen LogP contribution is -2.25. The third-order valence-electron chi connectivity index (χ3n) is 2.93. The van der Waals surface area contributed by atoms with Gasteiger partial charge in [0.2, 0.25) is 0 Å². The van der Waals surface area contributed by atoms with E-state index in [0.29, 0.717) is 23.7 Å². The smallest absolute Gasteiger partial charge is 0.285 e. The van der Waals surface area contributed by atoms with E-state index in [1.54, 1.807) is 18.3 Å². The monoisotopic (exact) mass is 310 g/mol. The van der Waals surface area contributed by atoms with Gasteiger partial charge in [-0.1, -0.05) is 23.7 Å². The fraction of sp³-hybridized carbons (Fsp3) is 0.286. The second kappa shape index (κ2) is 6.81. The van der Waals surface area contributed by atoms with Crippen molar-refractivity contribution in [2.45, 2.75) is 24.9 Å². The van der Waals surface area contributed by atoms with E-state index in [4.69, 9.17) is 11.6 Å². The lowest BCUT2D eigenvalue weighted by Gasteiger charge is -2.05. The van der Waals surface area contributed by atoms with Gasteiger partial charge < -0.3 is 4.57 Å². The molecular formula is C14H15ClN2O2S. The van der Waals surface area contributed by atoms with Crippen LogP contribution in [0.15, 0.2) is 46.5 Å². The minimum absolute atomic E-state index is 0.128. The van der Waals surface area contributed by atoms with Crippen molar-refractivity contribution >= 4 is 22.4 Å². The van der Waals surface area contributed by atoms with Crippen LogP contribution in [-0.2, 0) is 23.8 Å². The van der Waals surface area contributed by atoms with Crippen molar-refractivity contribution in [1.82, 2.24) is 9.55 Å². The fourth-order valence-electron chi connectivity index (χ4n) is 1.79. The van der Waals surface area contributed by atoms with Crippen molar-refractivity contribution < 1.29 is 4.21 Å². The van der Waals surface area contributed by atoms with E-state index in [2.05, 4.69) is 4.98 Å². The third-order valence-corrected chi connectivity index (χ3v) is 4.47. The summed E-state index contributed by atoms with van der Waals surface area (Å²) in [5.74, 6) is 0.373. The van der Waals surface area contributed by atoms with Crippen LogP contribution in [0.4, 0.5) is 0 Å². The molecule has 0 aliphatic heterocycles. The van der Waals surface area contributed by atoms with Gasteiger partial charge >= 0.3 is 0 Å². The maximum atomic E-state index is 12.2. The predicted octanol–water partition coefficient (Wildman–Crippen LogP) is 2.27. The van der Waals surface area contributed by atoms with Gasteiger partial charge in [-0.05, 0) is 31.0 Å². The van der Waals surface area contributed by atoms with E-state index in [1.807, 2.05) is 19.1 Å². The average Bonchev–Trinajstić information content (AvgIpc) is 2.46. The lowest BCUT2D eigenvalue weighted by molar-refractivity contribution is 0.660. The summed E-state index contributed by atoms with van der Waals surface area (Å²) in [5.41, 5.74) is 0.763. The molecule has 106 valence electrons. The number of hydrogen-bond acceptors (Lipinski definition) is 3. The first-order valence-corrected chi connectivity index (χ1v) is 7.99. The van der Waals surface area contributed by atoms with E-state index in [9.17, 15) is 9.00 Å². The van der Waals surface area contributed by atoms with Gasteiger partial charge in [0.25, 0.3) is 5.56 Å². The lowest BCUT2D eigenvalue weighted by atomic mass is 10.2. The Labute approximate surface area is 124 Å². The van der Waals surface area contributed by atoms with E-state index in [1.165, 1.54) is 10.8 Å². The molecule has 0 bridgehead atoms. The highest BCUT2D eigenvalue weighted by Crippen LogP contribution is 2.10. The first-order valence-electron chi connectivity index (χ1n) is 6.30. The Morgan fingerprint density at radius 1 is 1.30 bits per heavy atom. The fourth-order valence-corrected chi connectivity index (χ4v) is 3.02. The highest BCUT2D eigenvalue weighted by atomic mass is 35.5. The molecule has 6 heteroatoms. The summed E-state index contributed by atoms with van der Waals surface area (Å²) in [6.07, 6.45) is 3.73. The first kappa shape index (κ1) is 14.9. The van der Waals surface area contributed by atoms with Gasteiger partial charge in [-0.2, -0.15) is 0 Å². The van der Waals surface area contributed by atoms with Crippen molar-refractivity contribution in [3.8, 4) is 0 Å². The van der Waals surface area contributed by atoms with Gasteiger partial charge in [-0.15, -0.1) is 0 Å². The van der Waals surface area contributed by atoms with Crippen molar-refractivity contribution in [3.05, 3.63) is 57.6 Å². The summed E-state index contributed by atoms with van der Waals surface area (Å²) in [6, 6.07) is 7.37. The number of rotatable bonds is 5. The van der Waals surface area contributed by atoms with Gasteiger partial charge in [-0.3, -0.25) is 9.00 Å². The molecule has 2 aromatic rings. The Kier molecular flexibility index (Phi) is 5.09. The quantitative estimate of drug-likeness (QED) is 0.851. The van der Waals surface area contributed by atoms with Gasteiger partial charge in [0.15, 0.2) is 5.03 Å². The molecule has 1 unspecified atom stereocenters. The molecule has 0 N–H and O–H groups in total. The van der Waals surface area contributed by atoms with Gasteiger partial charge in [-0.25, -0.2) is 4.98 Å². The summed E-state index contributed by atoms with van der Waals surface area (Å²) in [6.45, 7) is 2.41. The van der Waals surface area contributed by atoms with Crippen molar-refractivity contribution in [3.63, 3.8) is 0 Å². The highest BCUT2D eigenvalue weighted by molar-refractivity contribution is 7.84. The minimum Gasteiger partial charge on any atom is -0.312 e. The van der Waals surface area contributed by atoms with E-state index < -0.39 is 10.8 Å². The molecule has 0 saturated heterocycles. The zero-order chi connectivity index (χ0) is 14.5. The molecule has 2 rings (SSSR count). The second-order valence-electron chi connectivity index (χ2n) is 4.25. The molecule has 20 heavy (non-hydrogen) atoms. The molecule has 1 aromatic heterocycles. The van der Waals surface area contributed by atoms with E-state index >= 15 is 0 Å². The van der Waals surface area contributed by atoms with Crippen LogP contribution in [0, 0.1) is 0 Å². The SMILES string of the molecule is CCn1ccnc(S(=O)CCc2ccc(Cl)cc2)c1=O. The Morgan fingerprint density at radius 2 is 2.00 bits per heavy atom. The molecule has 0 aliphatic carbocycles. The molecule has 0 aliphatic rings. The Bertz CT molecular complexity index is 668.